The maximum atomic E-state index is 5.77. The zero-order chi connectivity index (χ0) is 13.2. The Kier molecular flexibility index (Phi) is 7.64. The third-order valence-electron chi connectivity index (χ3n) is 2.47. The first-order chi connectivity index (χ1) is 8.81. The van der Waals surface area contributed by atoms with Crippen molar-refractivity contribution in [3.8, 4) is 0 Å². The molecule has 0 fully saturated rings. The standard InChI is InChI=1S/C12H20ClN3O2/c1-17-6-3-4-16(5-7-18-2)12-10-14-9-11(8-13)15-12/h9-10H,3-8H2,1-2H3. The first-order valence-corrected chi connectivity index (χ1v) is 6.45. The molecule has 1 aromatic heterocycles. The van der Waals surface area contributed by atoms with E-state index in [1.54, 1.807) is 26.6 Å². The summed E-state index contributed by atoms with van der Waals surface area (Å²) in [6.07, 6.45) is 4.37. The number of hydrogen-bond donors (Lipinski definition) is 0. The minimum absolute atomic E-state index is 0.372. The molecule has 102 valence electrons. The van der Waals surface area contributed by atoms with Crippen molar-refractivity contribution in [1.82, 2.24) is 9.97 Å². The van der Waals surface area contributed by atoms with Gasteiger partial charge in [-0.3, -0.25) is 4.98 Å². The van der Waals surface area contributed by atoms with E-state index in [9.17, 15) is 0 Å². The first kappa shape index (κ1) is 15.1. The Balaban J connectivity index is 2.66. The Bertz CT molecular complexity index is 339. The summed E-state index contributed by atoms with van der Waals surface area (Å²) in [6, 6.07) is 0. The van der Waals surface area contributed by atoms with Crippen LogP contribution in [0.2, 0.25) is 0 Å². The number of nitrogens with zero attached hydrogens (tertiary/aromatic N) is 3. The topological polar surface area (TPSA) is 47.5 Å². The SMILES string of the molecule is COCCCN(CCOC)c1cncc(CCl)n1. The maximum absolute atomic E-state index is 5.77. The average molecular weight is 274 g/mol. The van der Waals surface area contributed by atoms with Gasteiger partial charge in [0.1, 0.15) is 5.82 Å². The van der Waals surface area contributed by atoms with Crippen LogP contribution in [-0.2, 0) is 15.4 Å². The van der Waals surface area contributed by atoms with Gasteiger partial charge in [0.25, 0.3) is 0 Å². The van der Waals surface area contributed by atoms with Gasteiger partial charge in [0, 0.05) is 40.1 Å². The lowest BCUT2D eigenvalue weighted by Crippen LogP contribution is -2.30. The molecule has 0 N–H and O–H groups in total. The van der Waals surface area contributed by atoms with Crippen LogP contribution in [0.25, 0.3) is 0 Å². The molecule has 1 heterocycles. The van der Waals surface area contributed by atoms with E-state index in [1.165, 1.54) is 0 Å². The Labute approximate surface area is 113 Å². The second-order valence-electron chi connectivity index (χ2n) is 3.83. The van der Waals surface area contributed by atoms with Crippen molar-refractivity contribution in [2.24, 2.45) is 0 Å². The molecule has 1 aromatic rings. The Morgan fingerprint density at radius 2 is 1.94 bits per heavy atom. The number of alkyl halides is 1. The van der Waals surface area contributed by atoms with Crippen molar-refractivity contribution in [3.05, 3.63) is 18.1 Å². The molecule has 0 spiro atoms. The summed E-state index contributed by atoms with van der Waals surface area (Å²) in [4.78, 5) is 10.7. The molecule has 0 aliphatic carbocycles. The molecule has 0 saturated carbocycles. The van der Waals surface area contributed by atoms with E-state index in [1.807, 2.05) is 0 Å². The molecule has 6 heteroatoms. The van der Waals surface area contributed by atoms with Gasteiger partial charge < -0.3 is 14.4 Å². The second kappa shape index (κ2) is 9.08. The van der Waals surface area contributed by atoms with E-state index in [4.69, 9.17) is 21.1 Å². The van der Waals surface area contributed by atoms with Crippen LogP contribution in [0.15, 0.2) is 12.4 Å². The first-order valence-electron chi connectivity index (χ1n) is 5.91. The minimum atomic E-state index is 0.372. The van der Waals surface area contributed by atoms with Gasteiger partial charge in [-0.25, -0.2) is 4.98 Å². The van der Waals surface area contributed by atoms with E-state index in [0.29, 0.717) is 12.5 Å². The zero-order valence-corrected chi connectivity index (χ0v) is 11.7. The Morgan fingerprint density at radius 1 is 1.17 bits per heavy atom. The van der Waals surface area contributed by atoms with Crippen LogP contribution >= 0.6 is 11.6 Å². The third kappa shape index (κ3) is 5.16. The molecule has 18 heavy (non-hydrogen) atoms. The summed E-state index contributed by atoms with van der Waals surface area (Å²) in [6.45, 7) is 3.02. The summed E-state index contributed by atoms with van der Waals surface area (Å²) in [7, 11) is 3.39. The lowest BCUT2D eigenvalue weighted by molar-refractivity contribution is 0.191. The third-order valence-corrected chi connectivity index (χ3v) is 2.75. The molecule has 0 bridgehead atoms. The molecule has 5 nitrogen and oxygen atoms in total. The van der Waals surface area contributed by atoms with Gasteiger partial charge in [0.15, 0.2) is 0 Å². The Hall–Kier alpha value is -0.910. The van der Waals surface area contributed by atoms with Crippen molar-refractivity contribution >= 4 is 17.4 Å². The highest BCUT2D eigenvalue weighted by Gasteiger charge is 2.08. The molecular formula is C12H20ClN3O2. The van der Waals surface area contributed by atoms with E-state index in [-0.39, 0.29) is 0 Å². The van der Waals surface area contributed by atoms with Crippen molar-refractivity contribution in [3.63, 3.8) is 0 Å². The Morgan fingerprint density at radius 3 is 2.61 bits per heavy atom. The van der Waals surface area contributed by atoms with Gasteiger partial charge >= 0.3 is 0 Å². The maximum Gasteiger partial charge on any atom is 0.147 e. The molecule has 0 radical (unpaired) electrons. The van der Waals surface area contributed by atoms with Crippen molar-refractivity contribution in [2.75, 3.05) is 45.4 Å². The molecule has 0 amide bonds. The normalized spacial score (nSPS) is 10.6. The number of ether oxygens (including phenoxy) is 2. The van der Waals surface area contributed by atoms with Gasteiger partial charge in [0.2, 0.25) is 0 Å². The summed E-state index contributed by atoms with van der Waals surface area (Å²) in [5, 5.41) is 0. The van der Waals surface area contributed by atoms with Crippen molar-refractivity contribution < 1.29 is 9.47 Å². The van der Waals surface area contributed by atoms with Gasteiger partial charge in [-0.2, -0.15) is 0 Å². The molecule has 0 aromatic carbocycles. The fourth-order valence-electron chi connectivity index (χ4n) is 1.55. The van der Waals surface area contributed by atoms with Gasteiger partial charge in [-0.1, -0.05) is 0 Å². The van der Waals surface area contributed by atoms with Crippen LogP contribution in [0, 0.1) is 0 Å². The van der Waals surface area contributed by atoms with E-state index < -0.39 is 0 Å². The van der Waals surface area contributed by atoms with Gasteiger partial charge in [-0.05, 0) is 6.42 Å². The smallest absolute Gasteiger partial charge is 0.147 e. The van der Waals surface area contributed by atoms with E-state index >= 15 is 0 Å². The predicted molar refractivity (Wildman–Crippen MR) is 72.2 cm³/mol. The lowest BCUT2D eigenvalue weighted by Gasteiger charge is -2.23. The fourth-order valence-corrected chi connectivity index (χ4v) is 1.68. The molecule has 0 aliphatic heterocycles. The molecule has 0 unspecified atom stereocenters. The number of methoxy groups -OCH3 is 2. The summed E-state index contributed by atoms with van der Waals surface area (Å²) < 4.78 is 10.2. The summed E-state index contributed by atoms with van der Waals surface area (Å²) in [5.74, 6) is 1.21. The van der Waals surface area contributed by atoms with E-state index in [0.717, 1.165) is 37.6 Å². The van der Waals surface area contributed by atoms with Crippen LogP contribution in [0.3, 0.4) is 0 Å². The quantitative estimate of drug-likeness (QED) is 0.506. The molecular weight excluding hydrogens is 254 g/mol. The van der Waals surface area contributed by atoms with Crippen LogP contribution < -0.4 is 4.90 Å². The highest BCUT2D eigenvalue weighted by atomic mass is 35.5. The van der Waals surface area contributed by atoms with Crippen LogP contribution in [-0.4, -0.2) is 50.5 Å². The second-order valence-corrected chi connectivity index (χ2v) is 4.10. The van der Waals surface area contributed by atoms with Gasteiger partial charge in [-0.15, -0.1) is 11.6 Å². The minimum Gasteiger partial charge on any atom is -0.385 e. The monoisotopic (exact) mass is 273 g/mol. The van der Waals surface area contributed by atoms with Crippen LogP contribution in [0.5, 0.6) is 0 Å². The number of hydrogen-bond acceptors (Lipinski definition) is 5. The molecule has 1 rings (SSSR count). The number of rotatable bonds is 9. The molecule has 0 atom stereocenters. The molecule has 0 aliphatic rings. The highest BCUT2D eigenvalue weighted by Crippen LogP contribution is 2.11. The number of aromatic nitrogens is 2. The van der Waals surface area contributed by atoms with Gasteiger partial charge in [0.05, 0.1) is 24.4 Å². The number of halogens is 1. The largest absolute Gasteiger partial charge is 0.385 e. The lowest BCUT2D eigenvalue weighted by atomic mass is 10.3. The summed E-state index contributed by atoms with van der Waals surface area (Å²) >= 11 is 5.77. The van der Waals surface area contributed by atoms with Crippen molar-refractivity contribution in [2.45, 2.75) is 12.3 Å². The summed E-state index contributed by atoms with van der Waals surface area (Å²) in [5.41, 5.74) is 0.781. The molecule has 0 saturated heterocycles. The fraction of sp³-hybridized carbons (Fsp3) is 0.667. The van der Waals surface area contributed by atoms with Crippen LogP contribution in [0.4, 0.5) is 5.82 Å². The highest BCUT2D eigenvalue weighted by molar-refractivity contribution is 6.16. The van der Waals surface area contributed by atoms with Crippen molar-refractivity contribution in [1.29, 1.82) is 0 Å². The van der Waals surface area contributed by atoms with E-state index in [2.05, 4.69) is 14.9 Å². The average Bonchev–Trinajstić information content (AvgIpc) is 2.42. The predicted octanol–water partition coefficient (Wildman–Crippen LogP) is 1.70. The number of anilines is 1. The zero-order valence-electron chi connectivity index (χ0n) is 10.9. The van der Waals surface area contributed by atoms with Crippen LogP contribution in [0.1, 0.15) is 12.1 Å².